The third kappa shape index (κ3) is 7.51. The summed E-state index contributed by atoms with van der Waals surface area (Å²) in [4.78, 5) is 63.1. The highest BCUT2D eigenvalue weighted by Crippen LogP contribution is 2.56. The Morgan fingerprint density at radius 2 is 1.78 bits per heavy atom. The van der Waals surface area contributed by atoms with Gasteiger partial charge >= 0.3 is 5.97 Å². The topological polar surface area (TPSA) is 126 Å². The van der Waals surface area contributed by atoms with Crippen LogP contribution in [0.2, 0.25) is 0 Å². The number of nitrogens with zero attached hydrogens (tertiary/aromatic N) is 3. The lowest BCUT2D eigenvalue weighted by molar-refractivity contribution is -0.150. The van der Waals surface area contributed by atoms with E-state index in [9.17, 15) is 24.3 Å². The number of rotatable bonds is 12. The normalized spacial score (nSPS) is 23.8. The lowest BCUT2D eigenvalue weighted by atomic mass is 9.77. The first-order valence-electron chi connectivity index (χ1n) is 18.0. The first-order chi connectivity index (χ1) is 24.3. The summed E-state index contributed by atoms with van der Waals surface area (Å²) in [5.41, 5.74) is 0.468. The maximum Gasteiger partial charge on any atom is 0.310 e. The van der Waals surface area contributed by atoms with Crippen LogP contribution in [-0.2, 0) is 19.2 Å². The molecule has 3 heterocycles. The van der Waals surface area contributed by atoms with Gasteiger partial charge in [-0.3, -0.25) is 19.2 Å². The van der Waals surface area contributed by atoms with Gasteiger partial charge in [0.25, 0.3) is 0 Å². The maximum absolute atomic E-state index is 14.7. The van der Waals surface area contributed by atoms with E-state index >= 15 is 0 Å². The van der Waals surface area contributed by atoms with Crippen molar-refractivity contribution in [2.45, 2.75) is 77.9 Å². The summed E-state index contributed by atoms with van der Waals surface area (Å²) in [5.74, 6) is -1.48. The minimum atomic E-state index is -1.22. The number of carboxylic acid groups (broad SMARTS) is 1. The number of aromatic nitrogens is 1. The molecule has 0 unspecified atom stereocenters. The molecule has 5 atom stereocenters. The fraction of sp³-hybridized carbons (Fsp3) is 0.488. The SMILES string of the molecule is C=C[C@@H]1C[C@]1(CC(=O)[C@@H]1C[C@@H](Oc2cc(-c3ccccc3)nc3cc(OC)ccc23)CN1C(=O)[C@@H](CC(=O)N1CCCCC1)C(C)(C)C)C(=O)O. The smallest absolute Gasteiger partial charge is 0.310 e. The molecule has 3 aliphatic rings. The number of aliphatic carboxylic acids is 1. The van der Waals surface area contributed by atoms with E-state index in [1.54, 1.807) is 18.1 Å². The van der Waals surface area contributed by atoms with Crippen LogP contribution in [0.1, 0.15) is 65.7 Å². The van der Waals surface area contributed by atoms with E-state index in [-0.39, 0.29) is 49.3 Å². The molecular formula is C41H49N3O7. The van der Waals surface area contributed by atoms with Crippen molar-refractivity contribution in [2.24, 2.45) is 22.7 Å². The van der Waals surface area contributed by atoms with Crippen LogP contribution < -0.4 is 9.47 Å². The minimum absolute atomic E-state index is 0.0418. The fourth-order valence-electron chi connectivity index (χ4n) is 7.78. The number of benzene rings is 2. The fourth-order valence-corrected chi connectivity index (χ4v) is 7.78. The highest BCUT2D eigenvalue weighted by Gasteiger charge is 2.61. The second kappa shape index (κ2) is 14.5. The maximum atomic E-state index is 14.7. The second-order valence-electron chi connectivity index (χ2n) is 15.5. The number of ketones is 1. The zero-order valence-corrected chi connectivity index (χ0v) is 30.1. The number of hydrogen-bond donors (Lipinski definition) is 1. The molecule has 6 rings (SSSR count). The molecule has 2 saturated heterocycles. The average Bonchev–Trinajstić information content (AvgIpc) is 3.69. The predicted octanol–water partition coefficient (Wildman–Crippen LogP) is 6.56. The lowest BCUT2D eigenvalue weighted by Crippen LogP contribution is -2.49. The molecule has 1 aromatic heterocycles. The summed E-state index contributed by atoms with van der Waals surface area (Å²) >= 11 is 0. The monoisotopic (exact) mass is 695 g/mol. The third-order valence-corrected chi connectivity index (χ3v) is 11.0. The average molecular weight is 696 g/mol. The Labute approximate surface area is 299 Å². The van der Waals surface area contributed by atoms with E-state index in [0.29, 0.717) is 42.2 Å². The highest BCUT2D eigenvalue weighted by molar-refractivity contribution is 5.96. The van der Waals surface area contributed by atoms with Gasteiger partial charge in [-0.15, -0.1) is 6.58 Å². The number of hydrogen-bond acceptors (Lipinski definition) is 7. The molecule has 0 radical (unpaired) electrons. The molecule has 51 heavy (non-hydrogen) atoms. The number of piperidine rings is 1. The van der Waals surface area contributed by atoms with Gasteiger partial charge in [0, 0.05) is 55.4 Å². The van der Waals surface area contributed by atoms with Crippen molar-refractivity contribution in [2.75, 3.05) is 26.7 Å². The Balaban J connectivity index is 1.33. The Morgan fingerprint density at radius 1 is 1.06 bits per heavy atom. The van der Waals surface area contributed by atoms with E-state index in [0.717, 1.165) is 30.2 Å². The largest absolute Gasteiger partial charge is 0.497 e. The summed E-state index contributed by atoms with van der Waals surface area (Å²) < 4.78 is 12.2. The number of likely N-dealkylation sites (tertiary alicyclic amines) is 2. The Hall–Kier alpha value is -4.73. The van der Waals surface area contributed by atoms with Crippen LogP contribution in [0.15, 0.2) is 67.3 Å². The van der Waals surface area contributed by atoms with Crippen molar-refractivity contribution in [3.8, 4) is 22.8 Å². The number of carbonyl (C=O) groups excluding carboxylic acids is 3. The Bertz CT molecular complexity index is 1810. The zero-order chi connectivity index (χ0) is 36.5. The van der Waals surface area contributed by atoms with Gasteiger partial charge in [-0.1, -0.05) is 57.2 Å². The predicted molar refractivity (Wildman–Crippen MR) is 194 cm³/mol. The van der Waals surface area contributed by atoms with Gasteiger partial charge < -0.3 is 24.4 Å². The van der Waals surface area contributed by atoms with Crippen LogP contribution >= 0.6 is 0 Å². The van der Waals surface area contributed by atoms with Crippen molar-refractivity contribution < 1.29 is 33.8 Å². The molecule has 10 heteroatoms. The van der Waals surface area contributed by atoms with Gasteiger partial charge in [0.1, 0.15) is 17.6 Å². The van der Waals surface area contributed by atoms with Crippen LogP contribution in [0.5, 0.6) is 11.5 Å². The molecule has 1 aliphatic carbocycles. The molecule has 270 valence electrons. The molecular weight excluding hydrogens is 646 g/mol. The molecule has 3 aromatic rings. The number of fused-ring (bicyclic) bond motifs is 1. The molecule has 3 fully saturated rings. The summed E-state index contributed by atoms with van der Waals surface area (Å²) in [5, 5.41) is 10.9. The van der Waals surface area contributed by atoms with Crippen LogP contribution in [0.4, 0.5) is 0 Å². The van der Waals surface area contributed by atoms with Crippen molar-refractivity contribution in [1.82, 2.24) is 14.8 Å². The number of methoxy groups -OCH3 is 1. The van der Waals surface area contributed by atoms with E-state index < -0.39 is 34.9 Å². The Kier molecular flexibility index (Phi) is 10.2. The highest BCUT2D eigenvalue weighted by atomic mass is 16.5. The van der Waals surface area contributed by atoms with Crippen molar-refractivity contribution >= 4 is 34.5 Å². The molecule has 2 aliphatic heterocycles. The number of carboxylic acids is 1. The number of ether oxygens (including phenoxy) is 2. The van der Waals surface area contributed by atoms with Gasteiger partial charge in [0.2, 0.25) is 11.8 Å². The van der Waals surface area contributed by atoms with Gasteiger partial charge in [0.15, 0.2) is 5.78 Å². The van der Waals surface area contributed by atoms with E-state index in [2.05, 4.69) is 6.58 Å². The van der Waals surface area contributed by atoms with Crippen molar-refractivity contribution in [3.05, 3.63) is 67.3 Å². The van der Waals surface area contributed by atoms with Gasteiger partial charge in [-0.25, -0.2) is 4.98 Å². The van der Waals surface area contributed by atoms with Crippen molar-refractivity contribution in [1.29, 1.82) is 0 Å². The lowest BCUT2D eigenvalue weighted by Gasteiger charge is -2.36. The zero-order valence-electron chi connectivity index (χ0n) is 30.1. The summed E-state index contributed by atoms with van der Waals surface area (Å²) in [6.45, 7) is 11.1. The third-order valence-electron chi connectivity index (χ3n) is 11.0. The molecule has 0 bridgehead atoms. The molecule has 10 nitrogen and oxygen atoms in total. The Morgan fingerprint density at radius 3 is 2.41 bits per heavy atom. The van der Waals surface area contributed by atoms with Gasteiger partial charge in [-0.05, 0) is 49.1 Å². The summed E-state index contributed by atoms with van der Waals surface area (Å²) in [6, 6.07) is 16.3. The van der Waals surface area contributed by atoms with E-state index in [1.807, 2.05) is 80.3 Å². The molecule has 2 amide bonds. The summed E-state index contributed by atoms with van der Waals surface area (Å²) in [6.07, 6.45) is 4.36. The quantitative estimate of drug-likeness (QED) is 0.211. The van der Waals surface area contributed by atoms with Crippen LogP contribution in [0.3, 0.4) is 0 Å². The van der Waals surface area contributed by atoms with E-state index in [1.165, 1.54) is 0 Å². The number of carbonyl (C=O) groups is 4. The van der Waals surface area contributed by atoms with Crippen LogP contribution in [0.25, 0.3) is 22.2 Å². The van der Waals surface area contributed by atoms with E-state index in [4.69, 9.17) is 14.5 Å². The summed E-state index contributed by atoms with van der Waals surface area (Å²) in [7, 11) is 1.60. The number of allylic oxidation sites excluding steroid dienone is 1. The van der Waals surface area contributed by atoms with Crippen LogP contribution in [0, 0.1) is 22.7 Å². The second-order valence-corrected chi connectivity index (χ2v) is 15.5. The first-order valence-corrected chi connectivity index (χ1v) is 18.0. The standard InChI is InChI=1S/C41H49N3O7/c1-6-27-23-41(27,39(48)49)24-35(45)34-20-29(25-44(34)38(47)31(40(2,3)4)21-37(46)43-17-11-8-12-18-43)51-36-22-32(26-13-9-7-10-14-26)42-33-19-28(50-5)15-16-30(33)36/h6-7,9-10,13-16,19,22,27,29,31,34H,1,8,11-12,17-18,20-21,23-25H2,2-5H3,(H,48,49)/t27-,29-,31-,34+,41-/m1/s1. The first kappa shape index (κ1) is 36.1. The minimum Gasteiger partial charge on any atom is -0.497 e. The number of pyridine rings is 1. The van der Waals surface area contributed by atoms with Crippen LogP contribution in [-0.4, -0.2) is 82.3 Å². The number of amides is 2. The number of Topliss-reactive ketones (excluding diaryl/α,β-unsaturated/α-hetero) is 1. The van der Waals surface area contributed by atoms with Gasteiger partial charge in [-0.2, -0.15) is 0 Å². The molecule has 1 N–H and O–H groups in total. The molecule has 0 spiro atoms. The molecule has 2 aromatic carbocycles. The molecule has 1 saturated carbocycles. The van der Waals surface area contributed by atoms with Gasteiger partial charge in [0.05, 0.1) is 42.2 Å². The van der Waals surface area contributed by atoms with Crippen molar-refractivity contribution in [3.63, 3.8) is 0 Å².